The molecule has 4 aromatic rings. The van der Waals surface area contributed by atoms with Gasteiger partial charge >= 0.3 is 35.8 Å². The molecule has 9 heterocycles. The third-order valence-electron chi connectivity index (χ3n) is 32.0. The first-order valence-electron chi connectivity index (χ1n) is 51.6. The van der Waals surface area contributed by atoms with Crippen LogP contribution in [0.5, 0.6) is 0 Å². The number of ether oxygens (including phenoxy) is 23. The number of esters is 6. The van der Waals surface area contributed by atoms with Crippen LogP contribution >= 0.6 is 0 Å². The van der Waals surface area contributed by atoms with Gasteiger partial charge in [0.25, 0.3) is 0 Å². The van der Waals surface area contributed by atoms with Gasteiger partial charge < -0.3 is 124 Å². The van der Waals surface area contributed by atoms with E-state index in [4.69, 9.17) is 109 Å². The summed E-state index contributed by atoms with van der Waals surface area (Å²) >= 11 is 0. The van der Waals surface area contributed by atoms with Gasteiger partial charge in [0.15, 0.2) is 66.8 Å². The number of likely N-dealkylation sites (N-methyl/N-ethyl adjacent to an activating group) is 2. The molecule has 32 heteroatoms. The van der Waals surface area contributed by atoms with Gasteiger partial charge in [0.2, 0.25) is 0 Å². The molecule has 0 saturated carbocycles. The summed E-state index contributed by atoms with van der Waals surface area (Å²) in [5.74, 6) is -9.69. The standard InChI is InChI=1S/C56H85NO15.C55H81NO15/c1-17-41-56(61,18-2)47-34(5)43(71-53(9,10)72-47)32(3)30-54(11,62-15)46(70-52-45(40(57(13)14)29-33(4)64-52)68-50(59)38-25-21-19-22-26-38)35(6)44(36(7)49(58)66-41)67-42-31-55(12,63-16)48(37(8)65-42)69-51(60)39-27-23-20-24-28-39;1-16-40-55(30-62-55)46-33(4)42(70-52(8,9)71-46)31(2)28-53(10,60-14)45(69-51-44(39(56(12)13)27-32(3)63-51)67-49(58)37-23-19-17-20-24-37)34(5)43(35(6)48(57)65-40)66-41-29-54(11,61-15)47(36(7)64-41)68-50(59)38-25-21-18-22-26-38/h19-28,32-37,40-48,52,61H,17-18,29-31H2,1-16H3;17-26,31-36,39-47,51H,16,27-30H2,1-15H3/t32-,33-,34+,35+,36-,37+,40+,41-,42?,43+,44+,45-,46-,47-,48+,52?,54+,55-,56-;31-,32-,33+,34+,35-,36+,39+,40-,41?,42+,43+,44-,45-,46-,47+,51?,53+,54-,55-/m11/s1. The molecule has 32 nitrogen and oxygen atoms in total. The molecule has 4 aromatic carbocycles. The van der Waals surface area contributed by atoms with Gasteiger partial charge in [-0.2, -0.15) is 0 Å². The maximum atomic E-state index is 15.1. The molecule has 0 aromatic heterocycles. The molecular weight excluding hydrogens is 1840 g/mol. The molecule has 9 fully saturated rings. The number of rotatable bonds is 25. The molecule has 38 atom stereocenters. The van der Waals surface area contributed by atoms with Crippen LogP contribution in [0.4, 0.5) is 0 Å². The molecule has 143 heavy (non-hydrogen) atoms. The topological polar surface area (TPSA) is 345 Å². The average molecular weight is 2010 g/mol. The van der Waals surface area contributed by atoms with Crippen molar-refractivity contribution in [2.24, 2.45) is 47.3 Å². The van der Waals surface area contributed by atoms with E-state index in [1.807, 2.05) is 180 Å². The molecule has 800 valence electrons. The number of benzene rings is 4. The molecule has 9 aliphatic heterocycles. The van der Waals surface area contributed by atoms with Crippen LogP contribution in [0.25, 0.3) is 0 Å². The van der Waals surface area contributed by atoms with Crippen LogP contribution in [0.15, 0.2) is 121 Å². The monoisotopic (exact) mass is 2010 g/mol. The Morgan fingerprint density at radius 2 is 0.706 bits per heavy atom. The van der Waals surface area contributed by atoms with Crippen molar-refractivity contribution < 1.29 is 143 Å². The molecule has 0 aliphatic carbocycles. The molecule has 1 N–H and O–H groups in total. The van der Waals surface area contributed by atoms with Gasteiger partial charge in [-0.1, -0.05) is 135 Å². The number of hydrogen-bond acceptors (Lipinski definition) is 32. The lowest BCUT2D eigenvalue weighted by molar-refractivity contribution is -0.363. The Morgan fingerprint density at radius 1 is 0.392 bits per heavy atom. The van der Waals surface area contributed by atoms with Crippen LogP contribution in [-0.4, -0.2) is 306 Å². The molecule has 9 aliphatic rings. The fourth-order valence-electron chi connectivity index (χ4n) is 23.9. The SMILES string of the molecule is CC[C@H]1OC(=O)[C@H](C)[C@@H](OC2C[C@@](C)(OC)[C@@H](OC(=O)c3ccccc3)[C@H](C)O2)[C@H](C)[C@@H](OC2O[C@H](C)C[C@H](N(C)C)[C@H]2OC(=O)c2ccccc2)[C@@](C)(OC)C[C@@H](C)[C@@H]2OC(C)(C)O[C@H]([C@H]2C)[C@@]1(O)CC.CC[C@H]1OC(=O)[C@H](C)[C@@H](OC2C[C@@](C)(OC)[C@@H](OC(=O)c3ccccc3)[C@H](C)O2)[C@H](C)[C@@H](OC2O[C@H](C)C[C@H](N(C)C)[C@H]2OC(=O)c2ccccc2)[C@@](C)(OC)C[C@@H](C)[C@@H]2OC(C)(C)O[C@H]([C@H]2C)[C@@]12CO2. The van der Waals surface area contributed by atoms with E-state index in [0.717, 1.165) is 0 Å². The number of methoxy groups -OCH3 is 4. The first kappa shape index (κ1) is 115. The van der Waals surface area contributed by atoms with Gasteiger partial charge in [-0.15, -0.1) is 0 Å². The van der Waals surface area contributed by atoms with Crippen molar-refractivity contribution in [2.45, 2.75) is 409 Å². The second-order valence-electron chi connectivity index (χ2n) is 44.0. The molecule has 13 rings (SSSR count). The number of carbonyl (C=O) groups excluding carboxylic acids is 6. The smallest absolute Gasteiger partial charge is 0.338 e. The molecule has 0 radical (unpaired) electrons. The van der Waals surface area contributed by atoms with Gasteiger partial charge in [0.05, 0.1) is 131 Å². The summed E-state index contributed by atoms with van der Waals surface area (Å²) in [5, 5.41) is 12.9. The van der Waals surface area contributed by atoms with Crippen molar-refractivity contribution in [1.82, 2.24) is 9.80 Å². The second-order valence-corrected chi connectivity index (χ2v) is 44.0. The van der Waals surface area contributed by atoms with Gasteiger partial charge in [-0.3, -0.25) is 9.59 Å². The van der Waals surface area contributed by atoms with Gasteiger partial charge in [-0.25, -0.2) is 19.2 Å². The zero-order valence-electron chi connectivity index (χ0n) is 90.3. The molecule has 4 bridgehead atoms. The number of nitrogens with zero attached hydrogens (tertiary/aromatic N) is 2. The number of carbonyl (C=O) groups is 6. The summed E-state index contributed by atoms with van der Waals surface area (Å²) in [6.45, 7) is 44.5. The maximum absolute atomic E-state index is 15.1. The summed E-state index contributed by atoms with van der Waals surface area (Å²) < 4.78 is 153. The van der Waals surface area contributed by atoms with E-state index in [1.54, 1.807) is 146 Å². The number of epoxide rings is 1. The molecular formula is C111H166N2O30. The number of fused-ring (bicyclic) bond motifs is 5. The van der Waals surface area contributed by atoms with Crippen LogP contribution in [0.3, 0.4) is 0 Å². The molecule has 0 amide bonds. The fourth-order valence-corrected chi connectivity index (χ4v) is 23.9. The lowest BCUT2D eigenvalue weighted by Crippen LogP contribution is -2.65. The van der Waals surface area contributed by atoms with E-state index < -0.39 is 221 Å². The van der Waals surface area contributed by atoms with E-state index in [2.05, 4.69) is 20.8 Å². The van der Waals surface area contributed by atoms with Gasteiger partial charge in [0.1, 0.15) is 35.1 Å². The van der Waals surface area contributed by atoms with Crippen LogP contribution in [0.2, 0.25) is 0 Å². The Bertz CT molecular complexity index is 4790. The number of aliphatic hydroxyl groups is 1. The Hall–Kier alpha value is -7.10. The van der Waals surface area contributed by atoms with E-state index in [1.165, 1.54) is 0 Å². The predicted molar refractivity (Wildman–Crippen MR) is 529 cm³/mol. The van der Waals surface area contributed by atoms with Crippen molar-refractivity contribution in [2.75, 3.05) is 63.2 Å². The van der Waals surface area contributed by atoms with Crippen molar-refractivity contribution in [3.05, 3.63) is 144 Å². The van der Waals surface area contributed by atoms with Crippen LogP contribution in [0, 0.1) is 47.3 Å². The minimum Gasteiger partial charge on any atom is -0.459 e. The first-order valence-corrected chi connectivity index (χ1v) is 51.6. The quantitative estimate of drug-likeness (QED) is 0.0366. The van der Waals surface area contributed by atoms with Crippen molar-refractivity contribution in [1.29, 1.82) is 0 Å². The van der Waals surface area contributed by atoms with E-state index in [-0.39, 0.29) is 79.8 Å². The highest BCUT2D eigenvalue weighted by molar-refractivity contribution is 5.91. The average Bonchev–Trinajstić information content (AvgIpc) is 1.56. The molecule has 9 saturated heterocycles. The van der Waals surface area contributed by atoms with E-state index in [9.17, 15) is 24.3 Å². The number of hydrogen-bond donors (Lipinski definition) is 1. The van der Waals surface area contributed by atoms with Crippen LogP contribution < -0.4 is 0 Å². The minimum absolute atomic E-state index is 0.0971. The summed E-state index contributed by atoms with van der Waals surface area (Å²) in [5.41, 5.74) is -5.47. The summed E-state index contributed by atoms with van der Waals surface area (Å²) in [7, 11) is 14.2. The Balaban J connectivity index is 0.000000255. The Kier molecular flexibility index (Phi) is 38.0. The highest BCUT2D eigenvalue weighted by atomic mass is 16.8. The lowest BCUT2D eigenvalue weighted by Gasteiger charge is -2.54. The third-order valence-corrected chi connectivity index (χ3v) is 32.0. The van der Waals surface area contributed by atoms with Gasteiger partial charge in [0, 0.05) is 65.0 Å². The van der Waals surface area contributed by atoms with Crippen LogP contribution in [-0.2, 0) is 119 Å². The third kappa shape index (κ3) is 25.6. The molecule has 1 spiro atoms. The van der Waals surface area contributed by atoms with Crippen molar-refractivity contribution in [3.63, 3.8) is 0 Å². The fraction of sp³-hybridized carbons (Fsp3) is 0.730. The second kappa shape index (κ2) is 47.4. The van der Waals surface area contributed by atoms with E-state index >= 15 is 9.59 Å². The minimum atomic E-state index is -1.61. The van der Waals surface area contributed by atoms with Crippen LogP contribution in [0.1, 0.15) is 258 Å². The number of cyclic esters (lactones) is 2. The first-order chi connectivity index (χ1) is 67.3. The highest BCUT2D eigenvalue weighted by Crippen LogP contribution is 2.54. The predicted octanol–water partition coefficient (Wildman–Crippen LogP) is 15.9. The highest BCUT2D eigenvalue weighted by Gasteiger charge is 2.67. The largest absolute Gasteiger partial charge is 0.459 e. The Morgan fingerprint density at radius 3 is 1.02 bits per heavy atom. The Labute approximate surface area is 847 Å². The van der Waals surface area contributed by atoms with Crippen molar-refractivity contribution >= 4 is 35.8 Å². The zero-order valence-corrected chi connectivity index (χ0v) is 90.3. The summed E-state index contributed by atoms with van der Waals surface area (Å²) in [4.78, 5) is 89.1. The normalized spacial score (nSPS) is 41.4. The zero-order chi connectivity index (χ0) is 105. The van der Waals surface area contributed by atoms with Crippen molar-refractivity contribution in [3.8, 4) is 0 Å². The summed E-state index contributed by atoms with van der Waals surface area (Å²) in [6, 6.07) is 34.5. The lowest BCUT2D eigenvalue weighted by atomic mass is 9.71. The van der Waals surface area contributed by atoms with E-state index in [0.29, 0.717) is 61.0 Å². The molecule has 4 unspecified atom stereocenters. The maximum Gasteiger partial charge on any atom is 0.338 e. The van der Waals surface area contributed by atoms with Gasteiger partial charge in [-0.05, 0) is 230 Å². The summed E-state index contributed by atoms with van der Waals surface area (Å²) in [6.07, 6.45) is -14.3.